The summed E-state index contributed by atoms with van der Waals surface area (Å²) in [6, 6.07) is 0. The number of aliphatic hydroxyl groups excluding tert-OH is 1. The second-order valence-corrected chi connectivity index (χ2v) is 32.0. The predicted molar refractivity (Wildman–Crippen MR) is 395 cm³/mol. The highest BCUT2D eigenvalue weighted by molar-refractivity contribution is 7.47. The molecule has 0 saturated heterocycles. The molecule has 0 spiro atoms. The molecular weight excluding hydrogens is 1270 g/mol. The van der Waals surface area contributed by atoms with E-state index < -0.39 is 97.5 Å². The zero-order chi connectivity index (χ0) is 71.6. The molecule has 0 radical (unpaired) electrons. The van der Waals surface area contributed by atoms with Crippen LogP contribution in [0.1, 0.15) is 402 Å². The van der Waals surface area contributed by atoms with Gasteiger partial charge in [0.25, 0.3) is 0 Å². The Morgan fingerprint density at radius 1 is 0.299 bits per heavy atom. The lowest BCUT2D eigenvalue weighted by Gasteiger charge is -2.21. The molecule has 0 aliphatic carbocycles. The second-order valence-electron chi connectivity index (χ2n) is 29.1. The topological polar surface area (TPSA) is 237 Å². The lowest BCUT2D eigenvalue weighted by Crippen LogP contribution is -2.30. The molecule has 0 heterocycles. The van der Waals surface area contributed by atoms with Crippen molar-refractivity contribution in [2.75, 3.05) is 39.6 Å². The molecule has 17 nitrogen and oxygen atoms in total. The Hall–Kier alpha value is -1.94. The summed E-state index contributed by atoms with van der Waals surface area (Å²) < 4.78 is 68.6. The summed E-state index contributed by atoms with van der Waals surface area (Å²) in [4.78, 5) is 72.8. The van der Waals surface area contributed by atoms with Crippen LogP contribution in [0, 0.1) is 17.8 Å². The van der Waals surface area contributed by atoms with Crippen LogP contribution in [0.2, 0.25) is 0 Å². The van der Waals surface area contributed by atoms with Crippen LogP contribution in [-0.2, 0) is 65.4 Å². The average molecular weight is 1420 g/mol. The maximum Gasteiger partial charge on any atom is 0.472 e. The summed E-state index contributed by atoms with van der Waals surface area (Å²) in [6.07, 6.45) is 55.5. The number of phosphoric acid groups is 2. The van der Waals surface area contributed by atoms with Crippen molar-refractivity contribution in [1.29, 1.82) is 0 Å². The Bertz CT molecular complexity index is 1890. The second kappa shape index (κ2) is 68.5. The number of aliphatic hydroxyl groups is 1. The number of phosphoric ester groups is 2. The van der Waals surface area contributed by atoms with Crippen molar-refractivity contribution in [2.24, 2.45) is 17.8 Å². The molecule has 19 heteroatoms. The maximum atomic E-state index is 13.1. The van der Waals surface area contributed by atoms with Gasteiger partial charge in [-0.15, -0.1) is 0 Å². The third-order valence-corrected chi connectivity index (χ3v) is 20.8. The zero-order valence-corrected chi connectivity index (χ0v) is 65.3. The Labute approximate surface area is 594 Å². The molecule has 0 saturated carbocycles. The van der Waals surface area contributed by atoms with Gasteiger partial charge >= 0.3 is 39.5 Å². The van der Waals surface area contributed by atoms with Crippen LogP contribution in [0.5, 0.6) is 0 Å². The molecule has 0 fully saturated rings. The summed E-state index contributed by atoms with van der Waals surface area (Å²) in [5, 5.41) is 10.6. The molecule has 0 rings (SSSR count). The minimum Gasteiger partial charge on any atom is -0.462 e. The van der Waals surface area contributed by atoms with Gasteiger partial charge in [0, 0.05) is 25.7 Å². The van der Waals surface area contributed by atoms with Gasteiger partial charge in [-0.25, -0.2) is 9.13 Å². The molecule has 97 heavy (non-hydrogen) atoms. The average Bonchev–Trinajstić information content (AvgIpc) is 1.49. The van der Waals surface area contributed by atoms with Crippen LogP contribution in [0.25, 0.3) is 0 Å². The van der Waals surface area contributed by atoms with Crippen LogP contribution >= 0.6 is 15.6 Å². The normalized spacial score (nSPS) is 14.6. The van der Waals surface area contributed by atoms with Gasteiger partial charge in [0.15, 0.2) is 12.2 Å². The molecule has 0 bridgehead atoms. The fourth-order valence-electron chi connectivity index (χ4n) is 11.9. The number of hydrogen-bond acceptors (Lipinski definition) is 15. The minimum absolute atomic E-state index is 0.106. The third-order valence-electron chi connectivity index (χ3n) is 18.9. The maximum absolute atomic E-state index is 13.1. The van der Waals surface area contributed by atoms with Crippen LogP contribution in [0.15, 0.2) is 0 Å². The van der Waals surface area contributed by atoms with Gasteiger partial charge in [-0.05, 0) is 43.4 Å². The van der Waals surface area contributed by atoms with E-state index >= 15 is 0 Å². The SMILES string of the molecule is CCCCCCCCCCCCCCC(=O)O[C@H](COC(=O)CCCCCCCCC(C)C)COP(=O)(O)OC[C@H](O)COP(=O)(O)OC[C@@H](COC(=O)CCCCCCCCCCCCCCCCC(C)CC)OC(=O)CCCCCCCCCCCCCCCCC(C)CC. The van der Waals surface area contributed by atoms with E-state index in [1.54, 1.807) is 0 Å². The van der Waals surface area contributed by atoms with Gasteiger partial charge in [0.2, 0.25) is 0 Å². The van der Waals surface area contributed by atoms with Gasteiger partial charge in [-0.2, -0.15) is 0 Å². The Morgan fingerprint density at radius 2 is 0.526 bits per heavy atom. The fraction of sp³-hybridized carbons (Fsp3) is 0.949. The summed E-state index contributed by atoms with van der Waals surface area (Å²) in [5.41, 5.74) is 0. The van der Waals surface area contributed by atoms with Crippen LogP contribution in [0.4, 0.5) is 0 Å². The first-order chi connectivity index (χ1) is 46.8. The Kier molecular flexibility index (Phi) is 67.1. The molecule has 3 N–H and O–H groups in total. The van der Waals surface area contributed by atoms with E-state index in [0.717, 1.165) is 108 Å². The molecule has 7 atom stereocenters. The number of hydrogen-bond donors (Lipinski definition) is 3. The van der Waals surface area contributed by atoms with E-state index in [4.69, 9.17) is 37.0 Å². The summed E-state index contributed by atoms with van der Waals surface area (Å²) in [5.74, 6) is 0.259. The minimum atomic E-state index is -4.96. The third kappa shape index (κ3) is 69.5. The van der Waals surface area contributed by atoms with Gasteiger partial charge in [0.1, 0.15) is 19.3 Å². The molecule has 0 aromatic rings. The molecular formula is C78H152O17P2. The number of ether oxygens (including phenoxy) is 4. The van der Waals surface area contributed by atoms with Crippen molar-refractivity contribution >= 4 is 39.5 Å². The van der Waals surface area contributed by atoms with E-state index in [2.05, 4.69) is 48.5 Å². The first-order valence-electron chi connectivity index (χ1n) is 40.4. The van der Waals surface area contributed by atoms with Crippen LogP contribution in [-0.4, -0.2) is 96.7 Å². The number of carbonyl (C=O) groups is 4. The van der Waals surface area contributed by atoms with E-state index in [1.807, 2.05) is 0 Å². The van der Waals surface area contributed by atoms with Crippen molar-refractivity contribution in [3.8, 4) is 0 Å². The number of rotatable bonds is 76. The highest BCUT2D eigenvalue weighted by atomic mass is 31.2. The van der Waals surface area contributed by atoms with Crippen LogP contribution in [0.3, 0.4) is 0 Å². The first-order valence-corrected chi connectivity index (χ1v) is 43.4. The lowest BCUT2D eigenvalue weighted by atomic mass is 9.99. The Balaban J connectivity index is 5.23. The molecule has 0 aliphatic rings. The zero-order valence-electron chi connectivity index (χ0n) is 63.5. The summed E-state index contributed by atoms with van der Waals surface area (Å²) >= 11 is 0. The van der Waals surface area contributed by atoms with Crippen LogP contribution < -0.4 is 0 Å². The van der Waals surface area contributed by atoms with Gasteiger partial charge in [-0.3, -0.25) is 37.3 Å². The van der Waals surface area contributed by atoms with E-state index in [-0.39, 0.29) is 25.7 Å². The Morgan fingerprint density at radius 3 is 0.784 bits per heavy atom. The van der Waals surface area contributed by atoms with Gasteiger partial charge < -0.3 is 33.8 Å². The molecule has 4 unspecified atom stereocenters. The lowest BCUT2D eigenvalue weighted by molar-refractivity contribution is -0.161. The van der Waals surface area contributed by atoms with Crippen molar-refractivity contribution in [1.82, 2.24) is 0 Å². The number of esters is 4. The molecule has 0 aliphatic heterocycles. The van der Waals surface area contributed by atoms with Gasteiger partial charge in [0.05, 0.1) is 26.4 Å². The van der Waals surface area contributed by atoms with Gasteiger partial charge in [-0.1, -0.05) is 350 Å². The van der Waals surface area contributed by atoms with E-state index in [9.17, 15) is 43.2 Å². The van der Waals surface area contributed by atoms with E-state index in [0.29, 0.717) is 31.6 Å². The predicted octanol–water partition coefficient (Wildman–Crippen LogP) is 23.0. The van der Waals surface area contributed by atoms with Crippen molar-refractivity contribution in [3.05, 3.63) is 0 Å². The molecule has 576 valence electrons. The van der Waals surface area contributed by atoms with Crippen molar-refractivity contribution in [2.45, 2.75) is 420 Å². The highest BCUT2D eigenvalue weighted by Crippen LogP contribution is 2.45. The number of carbonyl (C=O) groups excluding carboxylic acids is 4. The molecule has 0 aromatic carbocycles. The smallest absolute Gasteiger partial charge is 0.462 e. The summed E-state index contributed by atoms with van der Waals surface area (Å²) in [7, 11) is -9.91. The quantitative estimate of drug-likeness (QED) is 0.0222. The van der Waals surface area contributed by atoms with E-state index in [1.165, 1.54) is 205 Å². The molecule has 0 aromatic heterocycles. The van der Waals surface area contributed by atoms with Crippen molar-refractivity contribution in [3.63, 3.8) is 0 Å². The fourth-order valence-corrected chi connectivity index (χ4v) is 13.5. The first kappa shape index (κ1) is 95.1. The molecule has 0 amide bonds. The standard InChI is InChI=1S/C78H152O17P2/c1-8-11-12-13-14-15-16-27-33-38-47-54-61-77(82)95-74(66-89-76(81)60-53-46-41-40-42-49-56-69(4)5)68-93-97(86,87)91-64-72(79)63-90-96(84,85)92-67-73(94-78(83)62-55-48-39-34-29-24-20-18-22-26-31-36-44-51-58-71(7)10-3)65-88-75(80)59-52-45-37-32-28-23-19-17-21-25-30-35-43-50-57-70(6)9-2/h69-74,79H,8-68H2,1-7H3,(H,84,85)(H,86,87)/t70?,71?,72-,73-,74-/m1/s1. The largest absolute Gasteiger partial charge is 0.472 e. The summed E-state index contributed by atoms with van der Waals surface area (Å²) in [6.45, 7) is 11.9. The van der Waals surface area contributed by atoms with Crippen molar-refractivity contribution < 1.29 is 80.2 Å². The monoisotopic (exact) mass is 1420 g/mol. The number of unbranched alkanes of at least 4 members (excludes halogenated alkanes) is 42. The highest BCUT2D eigenvalue weighted by Gasteiger charge is 2.30.